The molecule has 2 aromatic rings. The second-order valence-electron chi connectivity index (χ2n) is 5.64. The van der Waals surface area contributed by atoms with Crippen molar-refractivity contribution < 1.29 is 4.74 Å². The highest BCUT2D eigenvalue weighted by Gasteiger charge is 2.27. The lowest BCUT2D eigenvalue weighted by Gasteiger charge is -2.34. The molecule has 5 nitrogen and oxygen atoms in total. The van der Waals surface area contributed by atoms with Gasteiger partial charge in [0.2, 0.25) is 0 Å². The van der Waals surface area contributed by atoms with Crippen molar-refractivity contribution >= 4 is 11.4 Å². The fourth-order valence-electron chi connectivity index (χ4n) is 3.02. The number of aryl methyl sites for hydroxylation is 3. The zero-order valence-corrected chi connectivity index (χ0v) is 13.5. The fraction of sp³-hybridized carbons (Fsp3) is 0.167. The first-order chi connectivity index (χ1) is 11.0. The summed E-state index contributed by atoms with van der Waals surface area (Å²) in [7, 11) is 0. The zero-order chi connectivity index (χ0) is 16.6. The Morgan fingerprint density at radius 2 is 1.87 bits per heavy atom. The lowest BCUT2D eigenvalue weighted by molar-refractivity contribution is 0.425. The van der Waals surface area contributed by atoms with E-state index < -0.39 is 0 Å². The molecule has 0 saturated carbocycles. The molecule has 23 heavy (non-hydrogen) atoms. The average molecular weight is 308 g/mol. The normalized spacial score (nSPS) is 14.1. The van der Waals surface area contributed by atoms with Gasteiger partial charge in [-0.05, 0) is 44.2 Å². The van der Waals surface area contributed by atoms with E-state index in [4.69, 9.17) is 16.2 Å². The molecule has 0 atom stereocenters. The minimum absolute atomic E-state index is 0.500. The van der Waals surface area contributed by atoms with Crippen LogP contribution in [0.25, 0.3) is 0 Å². The van der Waals surface area contributed by atoms with Gasteiger partial charge in [-0.25, -0.2) is 0 Å². The fourth-order valence-corrected chi connectivity index (χ4v) is 3.02. The third-order valence-corrected chi connectivity index (χ3v) is 3.82. The molecule has 1 aromatic carbocycles. The summed E-state index contributed by atoms with van der Waals surface area (Å²) in [5, 5.41) is 0. The first kappa shape index (κ1) is 15.0. The Morgan fingerprint density at radius 1 is 1.17 bits per heavy atom. The van der Waals surface area contributed by atoms with Crippen LogP contribution in [0.2, 0.25) is 0 Å². The molecule has 0 radical (unpaired) electrons. The van der Waals surface area contributed by atoms with Gasteiger partial charge in [0, 0.05) is 12.3 Å². The minimum atomic E-state index is 0.500. The number of nitrogens with two attached hydrogens (primary N) is 2. The average Bonchev–Trinajstić information content (AvgIpc) is 2.50. The van der Waals surface area contributed by atoms with Gasteiger partial charge in [-0.15, -0.1) is 0 Å². The quantitative estimate of drug-likeness (QED) is 0.891. The van der Waals surface area contributed by atoms with Gasteiger partial charge in [-0.1, -0.05) is 17.7 Å². The van der Waals surface area contributed by atoms with Gasteiger partial charge in [-0.2, -0.15) is 0 Å². The minimum Gasteiger partial charge on any atom is -0.450 e. The molecule has 0 bridgehead atoms. The Hall–Kier alpha value is -2.95. The number of hydrogen-bond donors (Lipinski definition) is 2. The number of pyridine rings is 1. The standard InChI is InChI=1S/C18H20N4O/c1-11-8-12(2)17(13(3)9-11)22-14-5-7-21-10-16(14)23-15(4-6-19)18(22)20/h4-10H,19-20H2,1-3H3/b6-4-. The highest BCUT2D eigenvalue weighted by Crippen LogP contribution is 2.43. The Bertz CT molecular complexity index is 801. The maximum atomic E-state index is 6.39. The molecule has 0 amide bonds. The van der Waals surface area contributed by atoms with Gasteiger partial charge in [0.05, 0.1) is 17.6 Å². The van der Waals surface area contributed by atoms with Crippen LogP contribution in [0.15, 0.2) is 54.4 Å². The Morgan fingerprint density at radius 3 is 2.52 bits per heavy atom. The summed E-state index contributed by atoms with van der Waals surface area (Å²) in [6, 6.07) is 6.18. The molecule has 1 aromatic heterocycles. The third-order valence-electron chi connectivity index (χ3n) is 3.82. The Labute approximate surface area is 135 Å². The number of aromatic nitrogens is 1. The van der Waals surface area contributed by atoms with Crippen molar-refractivity contribution in [2.45, 2.75) is 20.8 Å². The molecule has 4 N–H and O–H groups in total. The van der Waals surface area contributed by atoms with Crippen molar-refractivity contribution in [3.8, 4) is 5.75 Å². The predicted octanol–water partition coefficient (Wildman–Crippen LogP) is 3.14. The number of rotatable bonds is 2. The van der Waals surface area contributed by atoms with Gasteiger partial charge < -0.3 is 16.2 Å². The summed E-state index contributed by atoms with van der Waals surface area (Å²) < 4.78 is 5.82. The molecule has 0 aliphatic carbocycles. The summed E-state index contributed by atoms with van der Waals surface area (Å²) in [4.78, 5) is 6.13. The van der Waals surface area contributed by atoms with E-state index in [1.807, 2.05) is 11.0 Å². The number of fused-ring (bicyclic) bond motifs is 1. The first-order valence-corrected chi connectivity index (χ1v) is 7.40. The first-order valence-electron chi connectivity index (χ1n) is 7.40. The summed E-state index contributed by atoms with van der Waals surface area (Å²) in [6.45, 7) is 6.25. The van der Waals surface area contributed by atoms with Gasteiger partial charge in [0.1, 0.15) is 0 Å². The van der Waals surface area contributed by atoms with Crippen molar-refractivity contribution in [1.82, 2.24) is 4.98 Å². The van der Waals surface area contributed by atoms with Crippen LogP contribution in [0.1, 0.15) is 16.7 Å². The van der Waals surface area contributed by atoms with Crippen LogP contribution in [-0.4, -0.2) is 4.98 Å². The molecule has 1 aliphatic rings. The summed E-state index contributed by atoms with van der Waals surface area (Å²) in [6.07, 6.45) is 6.47. The van der Waals surface area contributed by atoms with E-state index in [2.05, 4.69) is 37.9 Å². The molecule has 0 saturated heterocycles. The molecule has 0 unspecified atom stereocenters. The molecule has 2 heterocycles. The highest BCUT2D eigenvalue weighted by molar-refractivity contribution is 5.79. The van der Waals surface area contributed by atoms with Crippen LogP contribution in [0.5, 0.6) is 5.75 Å². The number of nitrogens with zero attached hydrogens (tertiary/aromatic N) is 2. The zero-order valence-electron chi connectivity index (χ0n) is 13.5. The van der Waals surface area contributed by atoms with Gasteiger partial charge in [0.25, 0.3) is 0 Å². The van der Waals surface area contributed by atoms with Crippen molar-refractivity contribution in [3.05, 3.63) is 71.1 Å². The largest absolute Gasteiger partial charge is 0.450 e. The molecule has 0 fully saturated rings. The second kappa shape index (κ2) is 5.68. The second-order valence-corrected chi connectivity index (χ2v) is 5.64. The molecule has 0 spiro atoms. The van der Waals surface area contributed by atoms with E-state index in [1.54, 1.807) is 18.5 Å². The number of hydrogen-bond acceptors (Lipinski definition) is 5. The Balaban J connectivity index is 2.28. The molecule has 5 heteroatoms. The molecular formula is C18H20N4O. The van der Waals surface area contributed by atoms with Crippen LogP contribution < -0.4 is 21.1 Å². The van der Waals surface area contributed by atoms with Gasteiger partial charge in [0.15, 0.2) is 17.3 Å². The van der Waals surface area contributed by atoms with E-state index >= 15 is 0 Å². The maximum absolute atomic E-state index is 6.39. The van der Waals surface area contributed by atoms with Crippen LogP contribution in [0.4, 0.5) is 11.4 Å². The van der Waals surface area contributed by atoms with Crippen molar-refractivity contribution in [2.24, 2.45) is 11.5 Å². The van der Waals surface area contributed by atoms with Crippen LogP contribution in [-0.2, 0) is 0 Å². The van der Waals surface area contributed by atoms with Gasteiger partial charge in [-0.3, -0.25) is 9.88 Å². The topological polar surface area (TPSA) is 77.4 Å². The number of benzene rings is 1. The SMILES string of the molecule is Cc1cc(C)c(N2C(N)=C(/C=C\N)Oc3cnccc32)c(C)c1. The molecule has 3 rings (SSSR count). The molecule has 1 aliphatic heterocycles. The highest BCUT2D eigenvalue weighted by atomic mass is 16.5. The monoisotopic (exact) mass is 308 g/mol. The molecular weight excluding hydrogens is 288 g/mol. The lowest BCUT2D eigenvalue weighted by Crippen LogP contribution is -2.30. The van der Waals surface area contributed by atoms with Crippen molar-refractivity contribution in [1.29, 1.82) is 0 Å². The number of anilines is 2. The van der Waals surface area contributed by atoms with E-state index in [9.17, 15) is 0 Å². The maximum Gasteiger partial charge on any atom is 0.169 e. The molecule has 118 valence electrons. The van der Waals surface area contributed by atoms with E-state index in [0.717, 1.165) is 22.5 Å². The Kier molecular flexibility index (Phi) is 3.70. The van der Waals surface area contributed by atoms with Crippen LogP contribution in [0, 0.1) is 20.8 Å². The summed E-state index contributed by atoms with van der Waals surface area (Å²) in [5.41, 5.74) is 17.3. The van der Waals surface area contributed by atoms with E-state index in [0.29, 0.717) is 17.3 Å². The van der Waals surface area contributed by atoms with E-state index in [-0.39, 0.29) is 0 Å². The summed E-state index contributed by atoms with van der Waals surface area (Å²) in [5.74, 6) is 1.65. The number of ether oxygens (including phenoxy) is 1. The summed E-state index contributed by atoms with van der Waals surface area (Å²) >= 11 is 0. The van der Waals surface area contributed by atoms with Crippen LogP contribution >= 0.6 is 0 Å². The number of allylic oxidation sites excluding steroid dienone is 1. The van der Waals surface area contributed by atoms with Crippen LogP contribution in [0.3, 0.4) is 0 Å². The van der Waals surface area contributed by atoms with E-state index in [1.165, 1.54) is 11.8 Å². The third kappa shape index (κ3) is 2.50. The van der Waals surface area contributed by atoms with Gasteiger partial charge >= 0.3 is 0 Å². The van der Waals surface area contributed by atoms with Crippen molar-refractivity contribution in [2.75, 3.05) is 4.90 Å². The predicted molar refractivity (Wildman–Crippen MR) is 92.2 cm³/mol. The van der Waals surface area contributed by atoms with Crippen molar-refractivity contribution in [3.63, 3.8) is 0 Å². The lowest BCUT2D eigenvalue weighted by atomic mass is 10.0. The smallest absolute Gasteiger partial charge is 0.169 e.